The molecule has 1 aliphatic heterocycles. The number of amides is 4. The molecule has 34 heavy (non-hydrogen) atoms. The molecule has 0 unspecified atom stereocenters. The molecule has 1 spiro atoms. The average molecular weight is 478 g/mol. The molecule has 1 aliphatic carbocycles. The number of thioether (sulfide) groups is 1. The van der Waals surface area contributed by atoms with Crippen molar-refractivity contribution in [3.05, 3.63) is 65.0 Å². The zero-order valence-corrected chi connectivity index (χ0v) is 19.1. The van der Waals surface area contributed by atoms with Crippen molar-refractivity contribution in [1.82, 2.24) is 25.3 Å². The van der Waals surface area contributed by atoms with Crippen LogP contribution in [0.3, 0.4) is 0 Å². The van der Waals surface area contributed by atoms with E-state index >= 15 is 0 Å². The molecule has 0 radical (unpaired) electrons. The monoisotopic (exact) mass is 477 g/mol. The molecule has 2 aliphatic rings. The lowest BCUT2D eigenvalue weighted by Crippen LogP contribution is -2.51. The number of imide groups is 1. The van der Waals surface area contributed by atoms with E-state index in [0.717, 1.165) is 36.0 Å². The second-order valence-corrected chi connectivity index (χ2v) is 9.37. The maximum Gasteiger partial charge on any atom is 0.344 e. The molecule has 0 bridgehead atoms. The van der Waals surface area contributed by atoms with E-state index in [2.05, 4.69) is 15.7 Å². The summed E-state index contributed by atoms with van der Waals surface area (Å²) in [6, 6.07) is 15.5. The molecule has 0 atom stereocenters. The number of benzene rings is 2. The van der Waals surface area contributed by atoms with Crippen molar-refractivity contribution in [2.24, 2.45) is 0 Å². The molecule has 2 heterocycles. The molecule has 2 fully saturated rings. The third kappa shape index (κ3) is 3.94. The maximum absolute atomic E-state index is 13.2. The molecule has 2 N–H and O–H groups in total. The Labute approximate surface area is 199 Å². The third-order valence-electron chi connectivity index (χ3n) is 6.20. The Bertz CT molecular complexity index is 1330. The highest BCUT2D eigenvalue weighted by Gasteiger charge is 2.52. The van der Waals surface area contributed by atoms with Crippen molar-refractivity contribution in [3.8, 4) is 5.69 Å². The fraction of sp³-hybridized carbons (Fsp3) is 0.292. The summed E-state index contributed by atoms with van der Waals surface area (Å²) in [5.41, 5.74) is 2.42. The van der Waals surface area contributed by atoms with Gasteiger partial charge >= 0.3 is 6.03 Å². The molecule has 4 amide bonds. The van der Waals surface area contributed by atoms with Crippen LogP contribution < -0.4 is 16.3 Å². The van der Waals surface area contributed by atoms with E-state index in [0.29, 0.717) is 34.6 Å². The predicted molar refractivity (Wildman–Crippen MR) is 127 cm³/mol. The molecule has 10 heteroatoms. The first-order valence-electron chi connectivity index (χ1n) is 11.1. The number of para-hydroxylation sites is 2. The lowest BCUT2D eigenvalue weighted by atomic mass is 9.82. The first-order chi connectivity index (χ1) is 16.5. The van der Waals surface area contributed by atoms with Crippen LogP contribution in [0.2, 0.25) is 0 Å². The molecule has 174 valence electrons. The van der Waals surface area contributed by atoms with Gasteiger partial charge in [-0.15, -0.1) is 0 Å². The summed E-state index contributed by atoms with van der Waals surface area (Å²) in [4.78, 5) is 55.9. The van der Waals surface area contributed by atoms with Gasteiger partial charge in [0.2, 0.25) is 5.91 Å². The Morgan fingerprint density at radius 1 is 1.00 bits per heavy atom. The molecule has 1 aromatic heterocycles. The number of fused-ring (bicyclic) bond motifs is 1. The highest BCUT2D eigenvalue weighted by atomic mass is 32.2. The van der Waals surface area contributed by atoms with Gasteiger partial charge in [0.05, 0.1) is 22.3 Å². The van der Waals surface area contributed by atoms with E-state index in [1.807, 2.05) is 18.2 Å². The SMILES string of the molecule is O=C(CSc1nc2ccccc2c(=O)n1-c1ccccc1)NN1C(=O)NC2(CCCCC2)C1=O. The summed E-state index contributed by atoms with van der Waals surface area (Å²) in [6.45, 7) is 0. The average Bonchev–Trinajstić information content (AvgIpc) is 3.07. The van der Waals surface area contributed by atoms with E-state index in [1.54, 1.807) is 36.4 Å². The lowest BCUT2D eigenvalue weighted by molar-refractivity contribution is -0.139. The van der Waals surface area contributed by atoms with Crippen LogP contribution in [0.25, 0.3) is 16.6 Å². The number of nitrogens with zero attached hydrogens (tertiary/aromatic N) is 3. The van der Waals surface area contributed by atoms with Crippen LogP contribution in [-0.2, 0) is 9.59 Å². The van der Waals surface area contributed by atoms with Crippen LogP contribution >= 0.6 is 11.8 Å². The smallest absolute Gasteiger partial charge is 0.322 e. The minimum absolute atomic E-state index is 0.137. The molecule has 1 saturated heterocycles. The molecular weight excluding hydrogens is 454 g/mol. The van der Waals surface area contributed by atoms with Crippen LogP contribution in [0.15, 0.2) is 64.5 Å². The van der Waals surface area contributed by atoms with E-state index < -0.39 is 23.4 Å². The van der Waals surface area contributed by atoms with Crippen molar-refractivity contribution >= 4 is 40.5 Å². The summed E-state index contributed by atoms with van der Waals surface area (Å²) in [5.74, 6) is -1.09. The third-order valence-corrected chi connectivity index (χ3v) is 7.14. The van der Waals surface area contributed by atoms with Crippen LogP contribution in [-0.4, -0.2) is 43.7 Å². The van der Waals surface area contributed by atoms with Gasteiger partial charge in [-0.2, -0.15) is 5.01 Å². The number of aromatic nitrogens is 2. The van der Waals surface area contributed by atoms with Crippen molar-refractivity contribution in [2.45, 2.75) is 42.8 Å². The zero-order valence-electron chi connectivity index (χ0n) is 18.3. The quantitative estimate of drug-likeness (QED) is 0.332. The Hall–Kier alpha value is -3.66. The van der Waals surface area contributed by atoms with Gasteiger partial charge in [0.15, 0.2) is 5.16 Å². The minimum atomic E-state index is -0.913. The second kappa shape index (κ2) is 8.94. The second-order valence-electron chi connectivity index (χ2n) is 8.42. The standard InChI is InChI=1S/C24H23N5O4S/c30-19(27-29-21(32)24(26-22(29)33)13-7-2-8-14-24)15-34-23-25-18-12-6-5-11-17(18)20(31)28(23)16-9-3-1-4-10-16/h1,3-6,9-12H,2,7-8,13-15H2,(H,26,33)(H,27,30). The number of urea groups is 1. The Morgan fingerprint density at radius 2 is 1.71 bits per heavy atom. The van der Waals surface area contributed by atoms with E-state index in [-0.39, 0.29) is 11.3 Å². The van der Waals surface area contributed by atoms with Gasteiger partial charge in [0.25, 0.3) is 11.5 Å². The van der Waals surface area contributed by atoms with Crippen molar-refractivity contribution in [3.63, 3.8) is 0 Å². The molecule has 2 aromatic carbocycles. The summed E-state index contributed by atoms with van der Waals surface area (Å²) in [6.07, 6.45) is 3.88. The summed E-state index contributed by atoms with van der Waals surface area (Å²) in [7, 11) is 0. The number of hydrogen-bond acceptors (Lipinski definition) is 6. The molecular formula is C24H23N5O4S. The zero-order chi connectivity index (χ0) is 23.7. The number of carbonyl (C=O) groups is 3. The van der Waals surface area contributed by atoms with Crippen molar-refractivity contribution in [1.29, 1.82) is 0 Å². The van der Waals surface area contributed by atoms with E-state index in [9.17, 15) is 19.2 Å². The van der Waals surface area contributed by atoms with Crippen molar-refractivity contribution < 1.29 is 14.4 Å². The lowest BCUT2D eigenvalue weighted by Gasteiger charge is -2.30. The van der Waals surface area contributed by atoms with E-state index in [4.69, 9.17) is 0 Å². The topological polar surface area (TPSA) is 113 Å². The fourth-order valence-electron chi connectivity index (χ4n) is 4.52. The van der Waals surface area contributed by atoms with Crippen LogP contribution in [0.4, 0.5) is 4.79 Å². The van der Waals surface area contributed by atoms with Gasteiger partial charge in [-0.25, -0.2) is 9.78 Å². The van der Waals surface area contributed by atoms with Crippen LogP contribution in [0.5, 0.6) is 0 Å². The highest BCUT2D eigenvalue weighted by molar-refractivity contribution is 7.99. The minimum Gasteiger partial charge on any atom is -0.322 e. The number of rotatable bonds is 5. The largest absolute Gasteiger partial charge is 0.344 e. The fourth-order valence-corrected chi connectivity index (χ4v) is 5.32. The molecule has 5 rings (SSSR count). The number of nitrogens with one attached hydrogen (secondary N) is 2. The van der Waals surface area contributed by atoms with Gasteiger partial charge in [0, 0.05) is 0 Å². The van der Waals surface area contributed by atoms with Gasteiger partial charge < -0.3 is 5.32 Å². The maximum atomic E-state index is 13.2. The Morgan fingerprint density at radius 3 is 2.47 bits per heavy atom. The number of carbonyl (C=O) groups excluding carboxylic acids is 3. The van der Waals surface area contributed by atoms with E-state index in [1.165, 1.54) is 4.57 Å². The van der Waals surface area contributed by atoms with Crippen LogP contribution in [0.1, 0.15) is 32.1 Å². The molecule has 3 aromatic rings. The molecule has 9 nitrogen and oxygen atoms in total. The normalized spacial score (nSPS) is 17.2. The first-order valence-corrected chi connectivity index (χ1v) is 12.1. The summed E-state index contributed by atoms with van der Waals surface area (Å²) in [5, 5.41) is 4.36. The first kappa shape index (κ1) is 22.1. The van der Waals surface area contributed by atoms with Gasteiger partial charge in [-0.1, -0.05) is 61.4 Å². The highest BCUT2D eigenvalue weighted by Crippen LogP contribution is 2.33. The predicted octanol–water partition coefficient (Wildman–Crippen LogP) is 2.76. The Kier molecular flexibility index (Phi) is 5.82. The van der Waals surface area contributed by atoms with Crippen LogP contribution in [0, 0.1) is 0 Å². The number of hydrazine groups is 1. The summed E-state index contributed by atoms with van der Waals surface area (Å²) >= 11 is 1.06. The molecule has 1 saturated carbocycles. The van der Waals surface area contributed by atoms with Gasteiger partial charge in [-0.05, 0) is 37.1 Å². The Balaban J connectivity index is 1.37. The number of hydrogen-bond donors (Lipinski definition) is 2. The van der Waals surface area contributed by atoms with Crippen molar-refractivity contribution in [2.75, 3.05) is 5.75 Å². The van der Waals surface area contributed by atoms with Gasteiger partial charge in [0.1, 0.15) is 5.54 Å². The summed E-state index contributed by atoms with van der Waals surface area (Å²) < 4.78 is 1.46. The van der Waals surface area contributed by atoms with Gasteiger partial charge in [-0.3, -0.25) is 24.4 Å².